The lowest BCUT2D eigenvalue weighted by Crippen LogP contribution is -1.93. The van der Waals surface area contributed by atoms with E-state index in [0.29, 0.717) is 5.92 Å². The molecule has 0 spiro atoms. The first-order valence-corrected chi connectivity index (χ1v) is 6.90. The Bertz CT molecular complexity index is 276. The number of hydrogen-bond donors (Lipinski definition) is 0. The Morgan fingerprint density at radius 3 is 2.25 bits per heavy atom. The minimum Gasteiger partial charge on any atom is -0.127 e. The van der Waals surface area contributed by atoms with Gasteiger partial charge in [0.1, 0.15) is 0 Å². The molecular formula is C15H23Cl. The van der Waals surface area contributed by atoms with Crippen molar-refractivity contribution in [2.75, 3.05) is 5.88 Å². The van der Waals surface area contributed by atoms with Gasteiger partial charge in [0.2, 0.25) is 0 Å². The maximum atomic E-state index is 5.65. The molecule has 1 aromatic carbocycles. The van der Waals surface area contributed by atoms with Crippen LogP contribution in [0.15, 0.2) is 24.3 Å². The first kappa shape index (κ1) is 13.6. The summed E-state index contributed by atoms with van der Waals surface area (Å²) >= 11 is 5.65. The van der Waals surface area contributed by atoms with E-state index in [1.165, 1.54) is 43.2 Å². The van der Waals surface area contributed by atoms with E-state index in [0.717, 1.165) is 5.88 Å². The summed E-state index contributed by atoms with van der Waals surface area (Å²) in [5.41, 5.74) is 2.82. The minimum atomic E-state index is 0.691. The van der Waals surface area contributed by atoms with Crippen molar-refractivity contribution in [3.8, 4) is 0 Å². The predicted octanol–water partition coefficient (Wildman–Crippen LogP) is 5.29. The van der Waals surface area contributed by atoms with E-state index in [2.05, 4.69) is 38.1 Å². The Morgan fingerprint density at radius 2 is 1.62 bits per heavy atom. The average Bonchev–Trinajstić information content (AvgIpc) is 2.29. The molecule has 1 aromatic rings. The highest BCUT2D eigenvalue weighted by molar-refractivity contribution is 6.17. The Kier molecular flexibility index (Phi) is 6.56. The molecule has 90 valence electrons. The highest BCUT2D eigenvalue weighted by Gasteiger charge is 2.04. The molecule has 0 N–H and O–H groups in total. The molecule has 0 heterocycles. The van der Waals surface area contributed by atoms with Crippen LogP contribution in [0, 0.1) is 6.92 Å². The summed E-state index contributed by atoms with van der Waals surface area (Å²) in [5, 5.41) is 0. The molecule has 0 aliphatic rings. The monoisotopic (exact) mass is 238 g/mol. The summed E-state index contributed by atoms with van der Waals surface area (Å²) in [7, 11) is 0. The lowest BCUT2D eigenvalue weighted by molar-refractivity contribution is 0.581. The number of rotatable bonds is 7. The van der Waals surface area contributed by atoms with Crippen LogP contribution in [-0.2, 0) is 0 Å². The normalized spacial score (nSPS) is 12.7. The second kappa shape index (κ2) is 7.73. The average molecular weight is 239 g/mol. The summed E-state index contributed by atoms with van der Waals surface area (Å²) in [6.07, 6.45) is 6.39. The molecule has 0 nitrogen and oxygen atoms in total. The summed E-state index contributed by atoms with van der Waals surface area (Å²) in [4.78, 5) is 0. The first-order valence-electron chi connectivity index (χ1n) is 6.36. The van der Waals surface area contributed by atoms with Crippen LogP contribution < -0.4 is 0 Å². The summed E-state index contributed by atoms with van der Waals surface area (Å²) in [6, 6.07) is 8.94. The smallest absolute Gasteiger partial charge is 0.0223 e. The molecule has 0 aliphatic heterocycles. The number of unbranched alkanes of at least 4 members (excludes halogenated alkanes) is 3. The lowest BCUT2D eigenvalue weighted by Gasteiger charge is -2.11. The maximum Gasteiger partial charge on any atom is 0.0223 e. The molecule has 1 rings (SSSR count). The molecular weight excluding hydrogens is 216 g/mol. The van der Waals surface area contributed by atoms with E-state index in [1.54, 1.807) is 0 Å². The Morgan fingerprint density at radius 1 is 1.00 bits per heavy atom. The minimum absolute atomic E-state index is 0.691. The van der Waals surface area contributed by atoms with Gasteiger partial charge in [0.05, 0.1) is 0 Å². The number of hydrogen-bond acceptors (Lipinski definition) is 0. The fourth-order valence-corrected chi connectivity index (χ4v) is 2.15. The van der Waals surface area contributed by atoms with Gasteiger partial charge in [-0.05, 0) is 31.2 Å². The molecule has 0 amide bonds. The molecule has 1 atom stereocenters. The quantitative estimate of drug-likeness (QED) is 0.447. The first-order chi connectivity index (χ1) is 7.74. The SMILES string of the molecule is Cc1ccc(C(C)CCCCCCCl)cc1. The molecule has 0 saturated heterocycles. The zero-order valence-electron chi connectivity index (χ0n) is 10.5. The van der Waals surface area contributed by atoms with Crippen LogP contribution >= 0.6 is 11.6 Å². The summed E-state index contributed by atoms with van der Waals surface area (Å²) in [6.45, 7) is 4.47. The van der Waals surface area contributed by atoms with E-state index in [9.17, 15) is 0 Å². The third kappa shape index (κ3) is 5.03. The number of benzene rings is 1. The van der Waals surface area contributed by atoms with E-state index in [4.69, 9.17) is 11.6 Å². The molecule has 1 heteroatoms. The van der Waals surface area contributed by atoms with Gasteiger partial charge in [0, 0.05) is 5.88 Å². The van der Waals surface area contributed by atoms with E-state index < -0.39 is 0 Å². The molecule has 0 aliphatic carbocycles. The molecule has 1 unspecified atom stereocenters. The summed E-state index contributed by atoms with van der Waals surface area (Å²) in [5.74, 6) is 1.50. The van der Waals surface area contributed by atoms with Crippen molar-refractivity contribution in [3.05, 3.63) is 35.4 Å². The van der Waals surface area contributed by atoms with Crippen LogP contribution in [-0.4, -0.2) is 5.88 Å². The topological polar surface area (TPSA) is 0 Å². The van der Waals surface area contributed by atoms with Gasteiger partial charge in [-0.3, -0.25) is 0 Å². The largest absolute Gasteiger partial charge is 0.127 e. The fraction of sp³-hybridized carbons (Fsp3) is 0.600. The van der Waals surface area contributed by atoms with Crippen LogP contribution in [0.5, 0.6) is 0 Å². The van der Waals surface area contributed by atoms with Crippen molar-refractivity contribution in [1.29, 1.82) is 0 Å². The maximum absolute atomic E-state index is 5.65. The third-order valence-electron chi connectivity index (χ3n) is 3.17. The van der Waals surface area contributed by atoms with Gasteiger partial charge < -0.3 is 0 Å². The number of aryl methyl sites for hydroxylation is 1. The van der Waals surface area contributed by atoms with Crippen LogP contribution in [0.1, 0.15) is 56.1 Å². The fourth-order valence-electron chi connectivity index (χ4n) is 1.96. The highest BCUT2D eigenvalue weighted by Crippen LogP contribution is 2.22. The molecule has 0 saturated carbocycles. The van der Waals surface area contributed by atoms with Crippen molar-refractivity contribution in [3.63, 3.8) is 0 Å². The van der Waals surface area contributed by atoms with Gasteiger partial charge in [-0.2, -0.15) is 0 Å². The van der Waals surface area contributed by atoms with Gasteiger partial charge in [-0.15, -0.1) is 11.6 Å². The van der Waals surface area contributed by atoms with Gasteiger partial charge in [0.15, 0.2) is 0 Å². The van der Waals surface area contributed by atoms with Crippen molar-refractivity contribution in [2.24, 2.45) is 0 Å². The van der Waals surface area contributed by atoms with E-state index in [1.807, 2.05) is 0 Å². The summed E-state index contributed by atoms with van der Waals surface area (Å²) < 4.78 is 0. The molecule has 0 aromatic heterocycles. The standard InChI is InChI=1S/C15H23Cl/c1-13-8-10-15(11-9-13)14(2)7-5-3-4-6-12-16/h8-11,14H,3-7,12H2,1-2H3. The van der Waals surface area contributed by atoms with Gasteiger partial charge in [-0.25, -0.2) is 0 Å². The van der Waals surface area contributed by atoms with Crippen LogP contribution in [0.25, 0.3) is 0 Å². The molecule has 0 fully saturated rings. The van der Waals surface area contributed by atoms with E-state index in [-0.39, 0.29) is 0 Å². The Labute approximate surface area is 105 Å². The van der Waals surface area contributed by atoms with E-state index >= 15 is 0 Å². The van der Waals surface area contributed by atoms with Crippen molar-refractivity contribution < 1.29 is 0 Å². The van der Waals surface area contributed by atoms with Crippen LogP contribution in [0.2, 0.25) is 0 Å². The number of halogens is 1. The Hall–Kier alpha value is -0.490. The van der Waals surface area contributed by atoms with Crippen molar-refractivity contribution >= 4 is 11.6 Å². The van der Waals surface area contributed by atoms with Gasteiger partial charge in [-0.1, -0.05) is 56.0 Å². The molecule has 0 radical (unpaired) electrons. The molecule has 0 bridgehead atoms. The zero-order valence-corrected chi connectivity index (χ0v) is 11.3. The van der Waals surface area contributed by atoms with Crippen LogP contribution in [0.4, 0.5) is 0 Å². The number of alkyl halides is 1. The van der Waals surface area contributed by atoms with Crippen LogP contribution in [0.3, 0.4) is 0 Å². The Balaban J connectivity index is 2.24. The third-order valence-corrected chi connectivity index (χ3v) is 3.43. The van der Waals surface area contributed by atoms with Crippen molar-refractivity contribution in [1.82, 2.24) is 0 Å². The molecule has 16 heavy (non-hydrogen) atoms. The van der Waals surface area contributed by atoms with Gasteiger partial charge in [0.25, 0.3) is 0 Å². The predicted molar refractivity (Wildman–Crippen MR) is 73.4 cm³/mol. The second-order valence-corrected chi connectivity index (χ2v) is 5.08. The lowest BCUT2D eigenvalue weighted by atomic mass is 9.94. The van der Waals surface area contributed by atoms with Gasteiger partial charge >= 0.3 is 0 Å². The highest BCUT2D eigenvalue weighted by atomic mass is 35.5. The second-order valence-electron chi connectivity index (χ2n) is 4.70. The zero-order chi connectivity index (χ0) is 11.8. The van der Waals surface area contributed by atoms with Crippen molar-refractivity contribution in [2.45, 2.75) is 51.9 Å².